The predicted molar refractivity (Wildman–Crippen MR) is 158 cm³/mol. The van der Waals surface area contributed by atoms with E-state index in [2.05, 4.69) is 60.6 Å². The van der Waals surface area contributed by atoms with Crippen LogP contribution in [0.4, 0.5) is 11.4 Å². The molecule has 1 amide bonds. The monoisotopic (exact) mass is 520 g/mol. The van der Waals surface area contributed by atoms with Crippen LogP contribution in [0.1, 0.15) is 67.0 Å². The van der Waals surface area contributed by atoms with Gasteiger partial charge in [-0.05, 0) is 67.1 Å². The molecule has 0 spiro atoms. The molecule has 0 saturated heterocycles. The maximum Gasteiger partial charge on any atom is 0.255 e. The highest BCUT2D eigenvalue weighted by molar-refractivity contribution is 6.05. The van der Waals surface area contributed by atoms with E-state index in [1.54, 1.807) is 0 Å². The van der Waals surface area contributed by atoms with E-state index in [-0.39, 0.29) is 11.3 Å². The lowest BCUT2D eigenvalue weighted by Crippen LogP contribution is -2.31. The fraction of sp³-hybridized carbons (Fsp3) is 0.281. The highest BCUT2D eigenvalue weighted by atomic mass is 16.1. The van der Waals surface area contributed by atoms with Crippen LogP contribution in [0.15, 0.2) is 79.0 Å². The lowest BCUT2D eigenvalue weighted by Gasteiger charge is -2.21. The van der Waals surface area contributed by atoms with E-state index in [4.69, 9.17) is 4.98 Å². The number of hydrogen-bond acceptors (Lipinski definition) is 5. The molecule has 0 atom stereocenters. The summed E-state index contributed by atoms with van der Waals surface area (Å²) in [5, 5.41) is 5.22. The van der Waals surface area contributed by atoms with Gasteiger partial charge in [0, 0.05) is 35.8 Å². The van der Waals surface area contributed by atoms with Crippen molar-refractivity contribution in [1.29, 1.82) is 0 Å². The molecule has 7 heteroatoms. The molecule has 7 nitrogen and oxygen atoms in total. The van der Waals surface area contributed by atoms with Gasteiger partial charge in [0.25, 0.3) is 5.91 Å². The Hall–Kier alpha value is -4.23. The van der Waals surface area contributed by atoms with E-state index in [0.29, 0.717) is 12.1 Å². The summed E-state index contributed by atoms with van der Waals surface area (Å²) in [4.78, 5) is 22.6. The van der Waals surface area contributed by atoms with Gasteiger partial charge in [0.1, 0.15) is 0 Å². The fourth-order valence-electron chi connectivity index (χ4n) is 4.83. The van der Waals surface area contributed by atoms with Crippen molar-refractivity contribution >= 4 is 22.9 Å². The normalized spacial score (nSPS) is 13.7. The molecule has 2 aromatic carbocycles. The molecular weight excluding hydrogens is 484 g/mol. The van der Waals surface area contributed by atoms with Crippen molar-refractivity contribution in [1.82, 2.24) is 20.0 Å². The van der Waals surface area contributed by atoms with Crippen LogP contribution < -0.4 is 15.8 Å². The topological polar surface area (TPSA) is 75.1 Å². The summed E-state index contributed by atoms with van der Waals surface area (Å²) in [6.45, 7) is 13.2. The van der Waals surface area contributed by atoms with E-state index >= 15 is 0 Å². The minimum absolute atomic E-state index is 0.0591. The van der Waals surface area contributed by atoms with Gasteiger partial charge in [-0.1, -0.05) is 52.0 Å². The van der Waals surface area contributed by atoms with Crippen LogP contribution in [0.2, 0.25) is 0 Å². The minimum Gasteiger partial charge on any atom is -0.320 e. The van der Waals surface area contributed by atoms with Crippen molar-refractivity contribution < 1.29 is 4.79 Å². The molecule has 39 heavy (non-hydrogen) atoms. The number of carbonyl (C=O) groups excluding carboxylic acids is 1. The zero-order valence-corrected chi connectivity index (χ0v) is 23.5. The molecule has 0 fully saturated rings. The summed E-state index contributed by atoms with van der Waals surface area (Å²) in [5.74, 6) is -0.165. The average molecular weight is 521 g/mol. The summed E-state index contributed by atoms with van der Waals surface area (Å²) >= 11 is 0. The number of hydrogen-bond donors (Lipinski definition) is 2. The summed E-state index contributed by atoms with van der Waals surface area (Å²) in [5.41, 5.74) is 13.0. The summed E-state index contributed by atoms with van der Waals surface area (Å²) in [7, 11) is 0. The number of aryl methyl sites for hydroxylation is 2. The molecule has 3 heterocycles. The first kappa shape index (κ1) is 26.4. The molecule has 0 aliphatic carbocycles. The van der Waals surface area contributed by atoms with Crippen LogP contribution in [0.3, 0.4) is 0 Å². The zero-order valence-electron chi connectivity index (χ0n) is 23.5. The number of para-hydroxylation sites is 1. The number of pyridine rings is 1. The molecule has 1 aliphatic heterocycles. The first-order valence-corrected chi connectivity index (χ1v) is 13.4. The Kier molecular flexibility index (Phi) is 7.10. The Labute approximate surface area is 230 Å². The van der Waals surface area contributed by atoms with Crippen molar-refractivity contribution in [3.63, 3.8) is 0 Å². The molecule has 0 unspecified atom stereocenters. The molecule has 2 aromatic heterocycles. The number of nitrogens with zero attached hydrogens (tertiary/aromatic N) is 4. The molecule has 0 bridgehead atoms. The third kappa shape index (κ3) is 5.36. The molecule has 0 radical (unpaired) electrons. The van der Waals surface area contributed by atoms with Gasteiger partial charge >= 0.3 is 0 Å². The minimum atomic E-state index is -0.165. The average Bonchev–Trinajstić information content (AvgIpc) is 3.57. The van der Waals surface area contributed by atoms with Crippen molar-refractivity contribution in [3.8, 4) is 5.69 Å². The number of benzene rings is 2. The van der Waals surface area contributed by atoms with Gasteiger partial charge < -0.3 is 9.88 Å². The Morgan fingerprint density at radius 2 is 1.82 bits per heavy atom. The lowest BCUT2D eigenvalue weighted by atomic mass is 9.88. The number of carbonyl (C=O) groups is 1. The van der Waals surface area contributed by atoms with Gasteiger partial charge in [-0.2, -0.15) is 0 Å². The first-order chi connectivity index (χ1) is 18.7. The van der Waals surface area contributed by atoms with Crippen LogP contribution >= 0.6 is 0 Å². The van der Waals surface area contributed by atoms with Gasteiger partial charge in [-0.15, -0.1) is 0 Å². The van der Waals surface area contributed by atoms with Gasteiger partial charge in [-0.25, -0.2) is 10.4 Å². The van der Waals surface area contributed by atoms with Gasteiger partial charge in [0.15, 0.2) is 0 Å². The number of hydrazine groups is 1. The number of aromatic nitrogens is 3. The van der Waals surface area contributed by atoms with E-state index in [1.807, 2.05) is 79.6 Å². The Morgan fingerprint density at radius 3 is 2.54 bits per heavy atom. The SMILES string of the molecule is CCC1=C(c2cn(-c3cc(C(=O)Nc4cc(C(C)(C)C)cnc4C)ccc3C)cn2)CNN1c1ccccc1. The molecule has 1 aliphatic rings. The van der Waals surface area contributed by atoms with Crippen LogP contribution in [0.25, 0.3) is 11.3 Å². The quantitative estimate of drug-likeness (QED) is 0.300. The summed E-state index contributed by atoms with van der Waals surface area (Å²) < 4.78 is 2.00. The molecular formula is C32H36N6O. The summed E-state index contributed by atoms with van der Waals surface area (Å²) in [6, 6.07) is 18.1. The third-order valence-corrected chi connectivity index (χ3v) is 7.22. The van der Waals surface area contributed by atoms with E-state index in [0.717, 1.165) is 46.0 Å². The maximum absolute atomic E-state index is 13.3. The number of nitrogens with one attached hydrogen (secondary N) is 2. The van der Waals surface area contributed by atoms with Gasteiger partial charge in [0.05, 0.1) is 34.8 Å². The second-order valence-electron chi connectivity index (χ2n) is 11.0. The molecule has 200 valence electrons. The smallest absolute Gasteiger partial charge is 0.255 e. The van der Waals surface area contributed by atoms with Gasteiger partial charge in [0.2, 0.25) is 0 Å². The lowest BCUT2D eigenvalue weighted by molar-refractivity contribution is 0.102. The van der Waals surface area contributed by atoms with Crippen molar-refractivity contribution in [3.05, 3.63) is 107 Å². The highest BCUT2D eigenvalue weighted by Gasteiger charge is 2.25. The van der Waals surface area contributed by atoms with Crippen molar-refractivity contribution in [2.75, 3.05) is 16.9 Å². The largest absolute Gasteiger partial charge is 0.320 e. The fourth-order valence-corrected chi connectivity index (χ4v) is 4.83. The predicted octanol–water partition coefficient (Wildman–Crippen LogP) is 6.58. The molecule has 4 aromatic rings. The molecule has 0 saturated carbocycles. The number of amides is 1. The van der Waals surface area contributed by atoms with Crippen molar-refractivity contribution in [2.24, 2.45) is 0 Å². The Bertz CT molecular complexity index is 1540. The van der Waals surface area contributed by atoms with E-state index in [9.17, 15) is 4.79 Å². The number of rotatable bonds is 6. The van der Waals surface area contributed by atoms with Gasteiger partial charge in [-0.3, -0.25) is 14.8 Å². The van der Waals surface area contributed by atoms with Crippen LogP contribution in [0, 0.1) is 13.8 Å². The Morgan fingerprint density at radius 1 is 1.05 bits per heavy atom. The number of allylic oxidation sites excluding steroid dienone is 1. The van der Waals surface area contributed by atoms with E-state index in [1.165, 1.54) is 11.3 Å². The molecule has 5 rings (SSSR count). The van der Waals surface area contributed by atoms with E-state index < -0.39 is 0 Å². The second kappa shape index (κ2) is 10.5. The second-order valence-corrected chi connectivity index (χ2v) is 11.0. The standard InChI is InChI=1S/C32H36N6O/c1-7-29-26(18-35-38(29)25-11-9-8-10-12-25)28-19-37(20-34-28)30-15-23(14-13-21(30)2)31(39)36-27-16-24(32(4,5)6)17-33-22(27)3/h8-17,19-20,35H,7,18H2,1-6H3,(H,36,39). The maximum atomic E-state index is 13.3. The number of imidazole rings is 1. The van der Waals surface area contributed by atoms with Crippen molar-refractivity contribution in [2.45, 2.75) is 53.4 Å². The molecule has 2 N–H and O–H groups in total. The van der Waals surface area contributed by atoms with Crippen LogP contribution in [-0.4, -0.2) is 27.0 Å². The highest BCUT2D eigenvalue weighted by Crippen LogP contribution is 2.31. The zero-order chi connectivity index (χ0) is 27.7. The van der Waals surface area contributed by atoms with Crippen LogP contribution in [0.5, 0.6) is 0 Å². The van der Waals surface area contributed by atoms with Crippen LogP contribution in [-0.2, 0) is 5.41 Å². The number of anilines is 2. The summed E-state index contributed by atoms with van der Waals surface area (Å²) in [6.07, 6.45) is 6.63. The first-order valence-electron chi connectivity index (χ1n) is 13.4. The third-order valence-electron chi connectivity index (χ3n) is 7.22. The Balaban J connectivity index is 1.42.